The van der Waals surface area contributed by atoms with Crippen molar-refractivity contribution in [2.75, 3.05) is 17.2 Å². The molecule has 6 nitrogen and oxygen atoms in total. The predicted octanol–water partition coefficient (Wildman–Crippen LogP) is 0.636. The zero-order valence-corrected chi connectivity index (χ0v) is 9.89. The molecule has 0 radical (unpaired) electrons. The Labute approximate surface area is 103 Å². The molecule has 0 bridgehead atoms. The van der Waals surface area contributed by atoms with Crippen molar-refractivity contribution in [2.24, 2.45) is 5.92 Å². The molecule has 1 aliphatic rings. The van der Waals surface area contributed by atoms with Gasteiger partial charge in [0, 0.05) is 13.0 Å². The van der Waals surface area contributed by atoms with Gasteiger partial charge in [0.05, 0.1) is 11.6 Å². The first-order chi connectivity index (χ1) is 8.29. The van der Waals surface area contributed by atoms with Crippen molar-refractivity contribution in [3.8, 4) is 0 Å². The average Bonchev–Trinajstić information content (AvgIpc) is 2.94. The lowest BCUT2D eigenvalue weighted by molar-refractivity contribution is -0.117. The Morgan fingerprint density at radius 3 is 3.18 bits per heavy atom. The van der Waals surface area contributed by atoms with Gasteiger partial charge in [-0.3, -0.25) is 14.8 Å². The molecule has 0 aliphatic carbocycles. The first kappa shape index (κ1) is 10.5. The molecule has 3 heterocycles. The van der Waals surface area contributed by atoms with Gasteiger partial charge in [-0.15, -0.1) is 0 Å². The molecule has 1 unspecified atom stereocenters. The summed E-state index contributed by atoms with van der Waals surface area (Å²) in [5.41, 5.74) is 0.650. The highest BCUT2D eigenvalue weighted by atomic mass is 32.1. The Bertz CT molecular complexity index is 569. The second kappa shape index (κ2) is 3.99. The molecule has 3 rings (SSSR count). The third-order valence-electron chi connectivity index (χ3n) is 2.95. The van der Waals surface area contributed by atoms with Gasteiger partial charge < -0.3 is 0 Å². The van der Waals surface area contributed by atoms with Gasteiger partial charge in [0.2, 0.25) is 5.91 Å². The minimum Gasteiger partial charge on any atom is -0.296 e. The third kappa shape index (κ3) is 1.66. The summed E-state index contributed by atoms with van der Waals surface area (Å²) in [6.45, 7) is 0.666. The van der Waals surface area contributed by atoms with Gasteiger partial charge >= 0.3 is 0 Å². The van der Waals surface area contributed by atoms with E-state index in [2.05, 4.69) is 32.8 Å². The molecule has 88 valence electrons. The average molecular weight is 249 g/mol. The van der Waals surface area contributed by atoms with E-state index in [1.54, 1.807) is 11.1 Å². The number of hydrogen-bond acceptors (Lipinski definition) is 5. The highest BCUT2D eigenvalue weighted by Gasteiger charge is 2.31. The monoisotopic (exact) mass is 249 g/mol. The molecule has 2 aromatic heterocycles. The lowest BCUT2D eigenvalue weighted by atomic mass is 10.1. The number of rotatable bonds is 2. The van der Waals surface area contributed by atoms with E-state index in [1.165, 1.54) is 6.33 Å². The molecule has 7 heteroatoms. The van der Waals surface area contributed by atoms with Gasteiger partial charge in [-0.25, -0.2) is 9.97 Å². The van der Waals surface area contributed by atoms with E-state index in [1.807, 2.05) is 0 Å². The number of H-pyrrole nitrogens is 1. The topological polar surface area (TPSA) is 74.8 Å². The van der Waals surface area contributed by atoms with E-state index >= 15 is 0 Å². The molecule has 2 aromatic rings. The first-order valence-electron chi connectivity index (χ1n) is 5.35. The highest BCUT2D eigenvalue weighted by Crippen LogP contribution is 2.28. The number of thiol groups is 1. The summed E-state index contributed by atoms with van der Waals surface area (Å²) >= 11 is 4.24. The van der Waals surface area contributed by atoms with E-state index in [0.29, 0.717) is 36.1 Å². The molecule has 1 fully saturated rings. The van der Waals surface area contributed by atoms with Crippen LogP contribution in [0.1, 0.15) is 6.42 Å². The van der Waals surface area contributed by atoms with Crippen LogP contribution in [-0.4, -0.2) is 38.4 Å². The van der Waals surface area contributed by atoms with Crippen LogP contribution in [0.3, 0.4) is 0 Å². The summed E-state index contributed by atoms with van der Waals surface area (Å²) in [7, 11) is 0. The van der Waals surface area contributed by atoms with Gasteiger partial charge in [0.25, 0.3) is 0 Å². The normalized spacial score (nSPS) is 20.4. The van der Waals surface area contributed by atoms with Crippen LogP contribution in [0.15, 0.2) is 12.5 Å². The molecule has 0 spiro atoms. The number of carbonyl (C=O) groups excluding carboxylic acids is 1. The Morgan fingerprint density at radius 2 is 2.41 bits per heavy atom. The summed E-state index contributed by atoms with van der Waals surface area (Å²) in [4.78, 5) is 21.8. The molecule has 1 aliphatic heterocycles. The van der Waals surface area contributed by atoms with Crippen LogP contribution < -0.4 is 4.90 Å². The standard InChI is InChI=1S/C10H11N5OS/c16-8-1-6(4-17)3-15(8)10-7-2-13-14-9(7)11-5-12-10/h2,5-6,17H,1,3-4H2,(H,11,12,13,14). The fourth-order valence-electron chi connectivity index (χ4n) is 2.08. The first-order valence-corrected chi connectivity index (χ1v) is 5.98. The summed E-state index contributed by atoms with van der Waals surface area (Å²) in [5, 5.41) is 7.46. The smallest absolute Gasteiger partial charge is 0.228 e. The Hall–Kier alpha value is -1.63. The summed E-state index contributed by atoms with van der Waals surface area (Å²) in [6.07, 6.45) is 3.62. The number of hydrogen-bond donors (Lipinski definition) is 2. The second-order valence-corrected chi connectivity index (χ2v) is 4.45. The zero-order valence-electron chi connectivity index (χ0n) is 9.00. The van der Waals surface area contributed by atoms with Crippen LogP contribution in [0.2, 0.25) is 0 Å². The van der Waals surface area contributed by atoms with E-state index in [0.717, 1.165) is 5.39 Å². The predicted molar refractivity (Wildman–Crippen MR) is 66.0 cm³/mol. The van der Waals surface area contributed by atoms with Crippen molar-refractivity contribution in [3.05, 3.63) is 12.5 Å². The molecular weight excluding hydrogens is 238 g/mol. The van der Waals surface area contributed by atoms with Crippen molar-refractivity contribution in [3.63, 3.8) is 0 Å². The van der Waals surface area contributed by atoms with Gasteiger partial charge in [-0.2, -0.15) is 17.7 Å². The van der Waals surface area contributed by atoms with Gasteiger partial charge in [-0.1, -0.05) is 0 Å². The molecular formula is C10H11N5OS. The van der Waals surface area contributed by atoms with Crippen LogP contribution in [0, 0.1) is 5.92 Å². The lowest BCUT2D eigenvalue weighted by Crippen LogP contribution is -2.25. The third-order valence-corrected chi connectivity index (χ3v) is 3.46. The maximum Gasteiger partial charge on any atom is 0.228 e. The minimum absolute atomic E-state index is 0.0882. The molecule has 1 amide bonds. The summed E-state index contributed by atoms with van der Waals surface area (Å²) in [5.74, 6) is 1.73. The quantitative estimate of drug-likeness (QED) is 0.766. The van der Waals surface area contributed by atoms with Gasteiger partial charge in [0.1, 0.15) is 12.1 Å². The second-order valence-electron chi connectivity index (χ2n) is 4.09. The van der Waals surface area contributed by atoms with Crippen LogP contribution >= 0.6 is 12.6 Å². The van der Waals surface area contributed by atoms with E-state index in [4.69, 9.17) is 0 Å². The van der Waals surface area contributed by atoms with Crippen LogP contribution in [0.25, 0.3) is 11.0 Å². The number of anilines is 1. The number of aromatic amines is 1. The van der Waals surface area contributed by atoms with Crippen molar-refractivity contribution >= 4 is 35.4 Å². The molecule has 1 saturated heterocycles. The van der Waals surface area contributed by atoms with Crippen LogP contribution in [0.5, 0.6) is 0 Å². The largest absolute Gasteiger partial charge is 0.296 e. The maximum atomic E-state index is 11.9. The fraction of sp³-hybridized carbons (Fsp3) is 0.400. The number of carbonyl (C=O) groups is 1. The minimum atomic E-state index is 0.0882. The number of aromatic nitrogens is 4. The van der Waals surface area contributed by atoms with Crippen LogP contribution in [0.4, 0.5) is 5.82 Å². The fourth-order valence-corrected chi connectivity index (χ4v) is 2.32. The molecule has 1 N–H and O–H groups in total. The molecule has 0 aromatic carbocycles. The summed E-state index contributed by atoms with van der Waals surface area (Å²) in [6, 6.07) is 0. The van der Waals surface area contributed by atoms with Crippen molar-refractivity contribution < 1.29 is 4.79 Å². The summed E-state index contributed by atoms with van der Waals surface area (Å²) < 4.78 is 0. The van der Waals surface area contributed by atoms with Gasteiger partial charge in [-0.05, 0) is 11.7 Å². The zero-order chi connectivity index (χ0) is 11.8. The number of fused-ring (bicyclic) bond motifs is 1. The Balaban J connectivity index is 2.04. The van der Waals surface area contributed by atoms with Crippen LogP contribution in [-0.2, 0) is 4.79 Å². The molecule has 17 heavy (non-hydrogen) atoms. The van der Waals surface area contributed by atoms with Crippen molar-refractivity contribution in [2.45, 2.75) is 6.42 Å². The molecule has 0 saturated carbocycles. The van der Waals surface area contributed by atoms with E-state index in [9.17, 15) is 4.79 Å². The number of amides is 1. The number of nitrogens with zero attached hydrogens (tertiary/aromatic N) is 4. The van der Waals surface area contributed by atoms with Gasteiger partial charge in [0.15, 0.2) is 5.65 Å². The number of nitrogens with one attached hydrogen (secondary N) is 1. The SMILES string of the molecule is O=C1CC(CS)CN1c1ncnc2[nH]ncc12. The van der Waals surface area contributed by atoms with E-state index in [-0.39, 0.29) is 5.91 Å². The lowest BCUT2D eigenvalue weighted by Gasteiger charge is -2.15. The van der Waals surface area contributed by atoms with E-state index < -0.39 is 0 Å². The van der Waals surface area contributed by atoms with Crippen molar-refractivity contribution in [1.29, 1.82) is 0 Å². The highest BCUT2D eigenvalue weighted by molar-refractivity contribution is 7.80. The Kier molecular flexibility index (Phi) is 2.47. The van der Waals surface area contributed by atoms with Crippen molar-refractivity contribution in [1.82, 2.24) is 20.2 Å². The Morgan fingerprint density at radius 1 is 1.53 bits per heavy atom. The maximum absolute atomic E-state index is 11.9. The molecule has 1 atom stereocenters.